The second-order valence-corrected chi connectivity index (χ2v) is 18.0. The number of ether oxygens (including phenoxy) is 1. The van der Waals surface area contributed by atoms with Gasteiger partial charge in [0.1, 0.15) is 5.75 Å². The average molecular weight is 894 g/mol. The molecule has 326 valence electrons. The lowest BCUT2D eigenvalue weighted by Crippen LogP contribution is -2.26. The molecule has 0 bridgehead atoms. The minimum atomic E-state index is -0.476. The number of rotatable bonds is 11. The van der Waals surface area contributed by atoms with Gasteiger partial charge < -0.3 is 19.4 Å². The van der Waals surface area contributed by atoms with E-state index in [4.69, 9.17) is 4.74 Å². The molecule has 1 unspecified atom stereocenters. The number of hydrogen-bond donors (Lipinski definition) is 0. The number of hydrogen-bond acceptors (Lipinski definition) is 5. The number of anilines is 9. The molecule has 0 N–H and O–H groups in total. The Morgan fingerprint density at radius 2 is 0.721 bits per heavy atom. The van der Waals surface area contributed by atoms with Crippen LogP contribution in [0.3, 0.4) is 0 Å². The minimum Gasteiger partial charge on any atom is -0.495 e. The van der Waals surface area contributed by atoms with Crippen molar-refractivity contribution in [3.8, 4) is 28.0 Å². The van der Waals surface area contributed by atoms with Crippen LogP contribution in [0.25, 0.3) is 22.3 Å². The number of fused-ring (bicyclic) bond motifs is 10. The predicted molar refractivity (Wildman–Crippen MR) is 285 cm³/mol. The van der Waals surface area contributed by atoms with Gasteiger partial charge in [-0.25, -0.2) is 0 Å². The summed E-state index contributed by atoms with van der Waals surface area (Å²) < 4.78 is 5.95. The SMILES string of the molecule is COc1ccccc1N(c1ccccc1)c1cccc(N(c2ccccc2)c2cccc(N(c3ccccc3)c3cccc4c3-c3ccccc3C43c4ccccc4-c4c(SC)cccc43)c2)c1. The maximum atomic E-state index is 5.95. The minimum absolute atomic E-state index is 0.476. The van der Waals surface area contributed by atoms with E-state index in [1.165, 1.54) is 49.4 Å². The van der Waals surface area contributed by atoms with E-state index in [2.05, 4.69) is 258 Å². The van der Waals surface area contributed by atoms with Gasteiger partial charge in [0.05, 0.1) is 23.9 Å². The highest BCUT2D eigenvalue weighted by Gasteiger charge is 2.53. The Balaban J connectivity index is 1.05. The Bertz CT molecular complexity index is 3470. The van der Waals surface area contributed by atoms with Crippen molar-refractivity contribution < 1.29 is 4.74 Å². The molecule has 1 atom stereocenters. The highest BCUT2D eigenvalue weighted by molar-refractivity contribution is 7.98. The van der Waals surface area contributed by atoms with E-state index in [9.17, 15) is 0 Å². The molecule has 10 aromatic rings. The number of nitrogens with zero attached hydrogens (tertiary/aromatic N) is 3. The van der Waals surface area contributed by atoms with Crippen LogP contribution >= 0.6 is 11.8 Å². The standard InChI is InChI=1S/C63H47N3OS/c1-67-59-40-17-16-38-57(59)65(45-24-8-4-9-25-45)49-30-18-28-47(42-49)64(44-22-6-3-7-23-44)48-29-19-31-50(43-48)66(46-26-10-5-11-27-46)58-39-20-36-55-61(58)51-32-12-14-34-53(51)63(55)54-35-15-13-33-52(54)62-56(63)37-21-41-60(62)68-2/h3-43H,1-2H3. The van der Waals surface area contributed by atoms with Gasteiger partial charge >= 0.3 is 0 Å². The Morgan fingerprint density at radius 3 is 1.28 bits per heavy atom. The van der Waals surface area contributed by atoms with E-state index in [1.807, 2.05) is 23.9 Å². The lowest BCUT2D eigenvalue weighted by atomic mass is 9.70. The van der Waals surface area contributed by atoms with Gasteiger partial charge in [-0.2, -0.15) is 0 Å². The number of benzene rings is 10. The van der Waals surface area contributed by atoms with Crippen LogP contribution in [0.2, 0.25) is 0 Å². The molecule has 0 aliphatic heterocycles. The zero-order valence-electron chi connectivity index (χ0n) is 37.8. The van der Waals surface area contributed by atoms with Crippen molar-refractivity contribution in [1.82, 2.24) is 0 Å². The topological polar surface area (TPSA) is 19.0 Å². The highest BCUT2D eigenvalue weighted by Crippen LogP contribution is 2.65. The van der Waals surface area contributed by atoms with E-state index in [0.29, 0.717) is 0 Å². The van der Waals surface area contributed by atoms with Crippen LogP contribution in [0.5, 0.6) is 5.75 Å². The fraction of sp³-hybridized carbons (Fsp3) is 0.0476. The number of thioether (sulfide) groups is 1. The molecule has 5 heteroatoms. The lowest BCUT2D eigenvalue weighted by molar-refractivity contribution is 0.416. The van der Waals surface area contributed by atoms with Gasteiger partial charge in [0, 0.05) is 55.8 Å². The third kappa shape index (κ3) is 6.53. The Hall–Kier alpha value is -8.25. The van der Waals surface area contributed by atoms with Gasteiger partial charge in [-0.1, -0.05) is 152 Å². The molecule has 0 radical (unpaired) electrons. The van der Waals surface area contributed by atoms with Gasteiger partial charge in [0.2, 0.25) is 0 Å². The summed E-state index contributed by atoms with van der Waals surface area (Å²) in [6.45, 7) is 0. The zero-order valence-corrected chi connectivity index (χ0v) is 38.6. The van der Waals surface area contributed by atoms with Crippen LogP contribution in [-0.4, -0.2) is 13.4 Å². The van der Waals surface area contributed by atoms with Crippen molar-refractivity contribution in [2.75, 3.05) is 28.1 Å². The van der Waals surface area contributed by atoms with Gasteiger partial charge in [0.25, 0.3) is 0 Å². The maximum Gasteiger partial charge on any atom is 0.142 e. The Labute approximate surface area is 403 Å². The monoisotopic (exact) mass is 893 g/mol. The third-order valence-electron chi connectivity index (χ3n) is 13.6. The van der Waals surface area contributed by atoms with Crippen molar-refractivity contribution >= 4 is 62.9 Å². The molecule has 0 heterocycles. The summed E-state index contributed by atoms with van der Waals surface area (Å²) in [5, 5.41) is 0. The van der Waals surface area contributed by atoms with Crippen molar-refractivity contribution in [1.29, 1.82) is 0 Å². The fourth-order valence-electron chi connectivity index (χ4n) is 10.9. The zero-order chi connectivity index (χ0) is 45.6. The molecule has 1 spiro atoms. The molecule has 4 nitrogen and oxygen atoms in total. The highest BCUT2D eigenvalue weighted by atomic mass is 32.2. The molecule has 10 aromatic carbocycles. The summed E-state index contributed by atoms with van der Waals surface area (Å²) in [4.78, 5) is 8.38. The van der Waals surface area contributed by atoms with Crippen LogP contribution in [-0.2, 0) is 5.41 Å². The van der Waals surface area contributed by atoms with E-state index < -0.39 is 5.41 Å². The van der Waals surface area contributed by atoms with Crippen LogP contribution in [0.4, 0.5) is 51.2 Å². The lowest BCUT2D eigenvalue weighted by Gasteiger charge is -2.32. The summed E-state index contributed by atoms with van der Waals surface area (Å²) >= 11 is 1.83. The van der Waals surface area contributed by atoms with E-state index in [-0.39, 0.29) is 0 Å². The molecule has 2 aliphatic carbocycles. The number of para-hydroxylation sites is 5. The number of methoxy groups -OCH3 is 1. The van der Waals surface area contributed by atoms with Crippen LogP contribution in [0.15, 0.2) is 254 Å². The van der Waals surface area contributed by atoms with Crippen LogP contribution in [0, 0.1) is 0 Å². The summed E-state index contributed by atoms with van der Waals surface area (Å²) in [7, 11) is 1.73. The molecule has 0 amide bonds. The average Bonchev–Trinajstić information content (AvgIpc) is 3.88. The van der Waals surface area contributed by atoms with Gasteiger partial charge in [0.15, 0.2) is 0 Å². The molecular weight excluding hydrogens is 847 g/mol. The van der Waals surface area contributed by atoms with E-state index in [0.717, 1.165) is 56.9 Å². The summed E-state index contributed by atoms with van der Waals surface area (Å²) in [6, 6.07) is 90.0. The maximum absolute atomic E-state index is 5.95. The molecular formula is C63H47N3OS. The van der Waals surface area contributed by atoms with Crippen LogP contribution in [0.1, 0.15) is 22.3 Å². The van der Waals surface area contributed by atoms with Crippen molar-refractivity contribution in [2.45, 2.75) is 10.3 Å². The molecule has 0 fully saturated rings. The van der Waals surface area contributed by atoms with Crippen molar-refractivity contribution in [2.24, 2.45) is 0 Å². The largest absolute Gasteiger partial charge is 0.495 e. The van der Waals surface area contributed by atoms with Crippen LogP contribution < -0.4 is 19.4 Å². The first-order valence-corrected chi connectivity index (χ1v) is 24.3. The Kier molecular flexibility index (Phi) is 10.4. The molecule has 0 saturated carbocycles. The predicted octanol–water partition coefficient (Wildman–Crippen LogP) is 17.2. The normalized spacial score (nSPS) is 13.9. The van der Waals surface area contributed by atoms with E-state index in [1.54, 1.807) is 7.11 Å². The quantitative estimate of drug-likeness (QED) is 0.120. The third-order valence-corrected chi connectivity index (χ3v) is 14.4. The van der Waals surface area contributed by atoms with E-state index >= 15 is 0 Å². The van der Waals surface area contributed by atoms with Gasteiger partial charge in [-0.05, 0) is 137 Å². The fourth-order valence-corrected chi connectivity index (χ4v) is 11.6. The summed E-state index contributed by atoms with van der Waals surface area (Å²) in [6.07, 6.45) is 2.20. The summed E-state index contributed by atoms with van der Waals surface area (Å²) in [5.74, 6) is 0.794. The molecule has 0 aromatic heterocycles. The second-order valence-electron chi connectivity index (χ2n) is 17.1. The first-order chi connectivity index (χ1) is 33.7. The van der Waals surface area contributed by atoms with Gasteiger partial charge in [-0.3, -0.25) is 0 Å². The molecule has 2 aliphatic rings. The first-order valence-electron chi connectivity index (χ1n) is 23.1. The molecule has 0 saturated heterocycles. The second kappa shape index (κ2) is 17.2. The first kappa shape index (κ1) is 41.2. The molecule has 68 heavy (non-hydrogen) atoms. The van der Waals surface area contributed by atoms with Crippen molar-refractivity contribution in [3.05, 3.63) is 271 Å². The molecule has 12 rings (SSSR count). The smallest absolute Gasteiger partial charge is 0.142 e. The summed E-state index contributed by atoms with van der Waals surface area (Å²) in [5.41, 5.74) is 19.4. The van der Waals surface area contributed by atoms with Gasteiger partial charge in [-0.15, -0.1) is 11.8 Å². The van der Waals surface area contributed by atoms with Crippen molar-refractivity contribution in [3.63, 3.8) is 0 Å². The Morgan fingerprint density at radius 1 is 0.338 bits per heavy atom.